The van der Waals surface area contributed by atoms with E-state index in [1.54, 1.807) is 4.52 Å². The first-order valence-electron chi connectivity index (χ1n) is 6.99. The van der Waals surface area contributed by atoms with Crippen molar-refractivity contribution in [2.24, 2.45) is 0 Å². The summed E-state index contributed by atoms with van der Waals surface area (Å²) in [7, 11) is 0. The maximum atomic E-state index is 5.78. The quantitative estimate of drug-likeness (QED) is 0.895. The SMILES string of the molecule is CC(C)N1CCCC(c2nc3ccc(N)cn3n2)C1. The molecule has 1 aliphatic rings. The number of nitrogens with zero attached hydrogens (tertiary/aromatic N) is 4. The van der Waals surface area contributed by atoms with Gasteiger partial charge in [0.1, 0.15) is 0 Å². The fourth-order valence-corrected chi connectivity index (χ4v) is 2.78. The number of piperidine rings is 1. The molecule has 102 valence electrons. The largest absolute Gasteiger partial charge is 0.397 e. The molecule has 2 aromatic rings. The van der Waals surface area contributed by atoms with Gasteiger partial charge >= 0.3 is 0 Å². The van der Waals surface area contributed by atoms with Gasteiger partial charge in [0.2, 0.25) is 0 Å². The zero-order valence-corrected chi connectivity index (χ0v) is 11.6. The molecule has 3 heterocycles. The van der Waals surface area contributed by atoms with Crippen LogP contribution in [0.2, 0.25) is 0 Å². The lowest BCUT2D eigenvalue weighted by molar-refractivity contribution is 0.165. The Morgan fingerprint density at radius 1 is 1.37 bits per heavy atom. The monoisotopic (exact) mass is 259 g/mol. The molecule has 0 radical (unpaired) electrons. The Kier molecular flexibility index (Phi) is 3.14. The van der Waals surface area contributed by atoms with E-state index in [9.17, 15) is 0 Å². The predicted molar refractivity (Wildman–Crippen MR) is 76.1 cm³/mol. The molecule has 2 aromatic heterocycles. The molecule has 0 spiro atoms. The molecular weight excluding hydrogens is 238 g/mol. The summed E-state index contributed by atoms with van der Waals surface area (Å²) in [4.78, 5) is 7.15. The Balaban J connectivity index is 1.87. The van der Waals surface area contributed by atoms with Gasteiger partial charge in [-0.3, -0.25) is 0 Å². The molecule has 5 nitrogen and oxygen atoms in total. The summed E-state index contributed by atoms with van der Waals surface area (Å²) in [6.45, 7) is 6.75. The first kappa shape index (κ1) is 12.4. The molecule has 1 aliphatic heterocycles. The zero-order chi connectivity index (χ0) is 13.4. The van der Waals surface area contributed by atoms with Gasteiger partial charge in [-0.25, -0.2) is 9.50 Å². The lowest BCUT2D eigenvalue weighted by Crippen LogP contribution is -2.39. The normalized spacial score (nSPS) is 21.3. The van der Waals surface area contributed by atoms with Crippen LogP contribution < -0.4 is 5.73 Å². The van der Waals surface area contributed by atoms with Crippen LogP contribution >= 0.6 is 0 Å². The summed E-state index contributed by atoms with van der Waals surface area (Å²) in [6, 6.07) is 4.39. The van der Waals surface area contributed by atoms with E-state index >= 15 is 0 Å². The lowest BCUT2D eigenvalue weighted by atomic mass is 9.96. The third-order valence-electron chi connectivity index (χ3n) is 3.92. The van der Waals surface area contributed by atoms with Crippen LogP contribution in [0.1, 0.15) is 38.4 Å². The van der Waals surface area contributed by atoms with Crippen LogP contribution in [0, 0.1) is 0 Å². The van der Waals surface area contributed by atoms with Crippen LogP contribution in [-0.2, 0) is 0 Å². The number of likely N-dealkylation sites (tertiary alicyclic amines) is 1. The molecule has 1 saturated heterocycles. The minimum atomic E-state index is 0.442. The first-order chi connectivity index (χ1) is 9.13. The summed E-state index contributed by atoms with van der Waals surface area (Å²) in [6.07, 6.45) is 4.23. The summed E-state index contributed by atoms with van der Waals surface area (Å²) in [5.41, 5.74) is 7.38. The van der Waals surface area contributed by atoms with Crippen LogP contribution in [0.3, 0.4) is 0 Å². The van der Waals surface area contributed by atoms with Gasteiger partial charge in [-0.1, -0.05) is 0 Å². The maximum absolute atomic E-state index is 5.78. The molecule has 1 atom stereocenters. The number of rotatable bonds is 2. The van der Waals surface area contributed by atoms with E-state index in [1.807, 2.05) is 18.3 Å². The highest BCUT2D eigenvalue weighted by Crippen LogP contribution is 2.26. The highest BCUT2D eigenvalue weighted by atomic mass is 15.3. The van der Waals surface area contributed by atoms with Gasteiger partial charge in [0.15, 0.2) is 11.5 Å². The highest BCUT2D eigenvalue weighted by molar-refractivity contribution is 5.46. The van der Waals surface area contributed by atoms with Crippen LogP contribution in [0.5, 0.6) is 0 Å². The number of nitrogens with two attached hydrogens (primary N) is 1. The number of anilines is 1. The number of nitrogen functional groups attached to an aromatic ring is 1. The third kappa shape index (κ3) is 2.42. The van der Waals surface area contributed by atoms with Crippen molar-refractivity contribution in [3.8, 4) is 0 Å². The van der Waals surface area contributed by atoms with Crippen LogP contribution in [0.25, 0.3) is 5.65 Å². The van der Waals surface area contributed by atoms with Gasteiger partial charge in [0.25, 0.3) is 0 Å². The molecule has 0 saturated carbocycles. The third-order valence-corrected chi connectivity index (χ3v) is 3.92. The molecule has 0 aliphatic carbocycles. The van der Waals surface area contributed by atoms with Gasteiger partial charge in [-0.2, -0.15) is 5.10 Å². The number of pyridine rings is 1. The molecule has 1 unspecified atom stereocenters. The molecule has 2 N–H and O–H groups in total. The van der Waals surface area contributed by atoms with Crippen molar-refractivity contribution in [1.82, 2.24) is 19.5 Å². The van der Waals surface area contributed by atoms with E-state index in [2.05, 4.69) is 28.8 Å². The van der Waals surface area contributed by atoms with E-state index < -0.39 is 0 Å². The van der Waals surface area contributed by atoms with Crippen molar-refractivity contribution in [2.45, 2.75) is 38.6 Å². The van der Waals surface area contributed by atoms with Crippen LogP contribution in [-0.4, -0.2) is 38.6 Å². The van der Waals surface area contributed by atoms with Crippen molar-refractivity contribution < 1.29 is 0 Å². The minimum absolute atomic E-state index is 0.442. The summed E-state index contributed by atoms with van der Waals surface area (Å²) in [5, 5.41) is 4.59. The van der Waals surface area contributed by atoms with E-state index in [4.69, 9.17) is 5.73 Å². The standard InChI is InChI=1S/C14H21N5/c1-10(2)18-7-3-4-11(8-18)14-16-13-6-5-12(15)9-19(13)17-14/h5-6,9-11H,3-4,7-8,15H2,1-2H3. The topological polar surface area (TPSA) is 59.5 Å². The highest BCUT2D eigenvalue weighted by Gasteiger charge is 2.25. The first-order valence-corrected chi connectivity index (χ1v) is 6.99. The van der Waals surface area contributed by atoms with Crippen molar-refractivity contribution in [3.05, 3.63) is 24.2 Å². The van der Waals surface area contributed by atoms with Gasteiger partial charge in [-0.05, 0) is 45.4 Å². The van der Waals surface area contributed by atoms with Gasteiger partial charge < -0.3 is 10.6 Å². The summed E-state index contributed by atoms with van der Waals surface area (Å²) < 4.78 is 1.79. The summed E-state index contributed by atoms with van der Waals surface area (Å²) >= 11 is 0. The number of hydrogen-bond donors (Lipinski definition) is 1. The second-order valence-electron chi connectivity index (χ2n) is 5.66. The predicted octanol–water partition coefficient (Wildman–Crippen LogP) is 1.90. The second-order valence-corrected chi connectivity index (χ2v) is 5.66. The Labute approximate surface area is 113 Å². The molecule has 0 bridgehead atoms. The van der Waals surface area contributed by atoms with Crippen molar-refractivity contribution in [2.75, 3.05) is 18.8 Å². The average molecular weight is 259 g/mol. The Hall–Kier alpha value is -1.62. The number of aromatic nitrogens is 3. The molecule has 0 amide bonds. The van der Waals surface area contributed by atoms with Crippen LogP contribution in [0.4, 0.5) is 5.69 Å². The number of fused-ring (bicyclic) bond motifs is 1. The second kappa shape index (κ2) is 4.81. The molecule has 1 fully saturated rings. The molecule has 5 heteroatoms. The Bertz CT molecular complexity index is 574. The molecule has 19 heavy (non-hydrogen) atoms. The molecule has 0 aromatic carbocycles. The van der Waals surface area contributed by atoms with E-state index in [1.165, 1.54) is 19.4 Å². The smallest absolute Gasteiger partial charge is 0.156 e. The van der Waals surface area contributed by atoms with E-state index in [-0.39, 0.29) is 0 Å². The van der Waals surface area contributed by atoms with Crippen LogP contribution in [0.15, 0.2) is 18.3 Å². The Morgan fingerprint density at radius 2 is 2.21 bits per heavy atom. The molecular formula is C14H21N5. The Morgan fingerprint density at radius 3 is 3.00 bits per heavy atom. The zero-order valence-electron chi connectivity index (χ0n) is 11.6. The average Bonchev–Trinajstić information content (AvgIpc) is 2.81. The van der Waals surface area contributed by atoms with Crippen molar-refractivity contribution in [3.63, 3.8) is 0 Å². The lowest BCUT2D eigenvalue weighted by Gasteiger charge is -2.34. The van der Waals surface area contributed by atoms with Gasteiger partial charge in [0, 0.05) is 18.5 Å². The van der Waals surface area contributed by atoms with Crippen molar-refractivity contribution >= 4 is 11.3 Å². The summed E-state index contributed by atoms with van der Waals surface area (Å²) in [5.74, 6) is 1.40. The molecule has 3 rings (SSSR count). The van der Waals surface area contributed by atoms with Gasteiger partial charge in [0.05, 0.1) is 11.9 Å². The van der Waals surface area contributed by atoms with Gasteiger partial charge in [-0.15, -0.1) is 0 Å². The fourth-order valence-electron chi connectivity index (χ4n) is 2.78. The van der Waals surface area contributed by atoms with E-state index in [0.717, 1.165) is 23.7 Å². The van der Waals surface area contributed by atoms with Crippen molar-refractivity contribution in [1.29, 1.82) is 0 Å². The maximum Gasteiger partial charge on any atom is 0.156 e. The fraction of sp³-hybridized carbons (Fsp3) is 0.571. The minimum Gasteiger partial charge on any atom is -0.397 e. The number of hydrogen-bond acceptors (Lipinski definition) is 4. The van der Waals surface area contributed by atoms with E-state index in [0.29, 0.717) is 12.0 Å².